The average molecular weight is 298 g/mol. The Kier molecular flexibility index (Phi) is 5.89. The first-order valence-corrected chi connectivity index (χ1v) is 6.98. The molecule has 0 bridgehead atoms. The summed E-state index contributed by atoms with van der Waals surface area (Å²) >= 11 is 0. The number of carbonyl (C=O) groups is 1. The third-order valence-electron chi connectivity index (χ3n) is 3.03. The zero-order chi connectivity index (χ0) is 15.8. The van der Waals surface area contributed by atoms with Gasteiger partial charge in [-0.1, -0.05) is 54.6 Å². The van der Waals surface area contributed by atoms with E-state index in [1.165, 1.54) is 0 Å². The van der Waals surface area contributed by atoms with Gasteiger partial charge in [0.15, 0.2) is 0 Å². The van der Waals surface area contributed by atoms with E-state index in [1.54, 1.807) is 12.1 Å². The lowest BCUT2D eigenvalue weighted by Crippen LogP contribution is -2.21. The molecule has 0 spiro atoms. The Bertz CT molecular complexity index is 617. The Morgan fingerprint density at radius 3 is 2.18 bits per heavy atom. The molecule has 0 amide bonds. The Hall–Kier alpha value is -2.43. The number of ether oxygens (including phenoxy) is 1. The lowest BCUT2D eigenvalue weighted by atomic mass is 10.1. The molecule has 2 rings (SSSR count). The zero-order valence-electron chi connectivity index (χ0n) is 12.1. The molecule has 0 saturated carbocycles. The van der Waals surface area contributed by atoms with Crippen LogP contribution in [-0.4, -0.2) is 35.5 Å². The first-order valence-electron chi connectivity index (χ1n) is 6.98. The van der Waals surface area contributed by atoms with Gasteiger partial charge in [0.05, 0.1) is 12.2 Å². The number of hydrogen-bond acceptors (Lipinski definition) is 4. The van der Waals surface area contributed by atoms with Crippen LogP contribution in [0, 0.1) is 0 Å². The normalized spacial score (nSPS) is 12.3. The standard InChI is InChI=1S/C18H18O4/c19-12-17(20)13-22-18(21)16-10-8-15(9-11-16)7-6-14-4-2-1-3-5-14/h1-11,17,19-20H,12-13H2/b7-6+. The summed E-state index contributed by atoms with van der Waals surface area (Å²) in [5.74, 6) is -0.522. The summed E-state index contributed by atoms with van der Waals surface area (Å²) in [6.45, 7) is -0.651. The first kappa shape index (κ1) is 15.9. The molecule has 0 fully saturated rings. The van der Waals surface area contributed by atoms with Crippen molar-refractivity contribution in [1.29, 1.82) is 0 Å². The third-order valence-corrected chi connectivity index (χ3v) is 3.03. The second-order valence-corrected chi connectivity index (χ2v) is 4.80. The van der Waals surface area contributed by atoms with Gasteiger partial charge < -0.3 is 14.9 Å². The SMILES string of the molecule is O=C(OCC(O)CO)c1ccc(/C=C/c2ccccc2)cc1. The van der Waals surface area contributed by atoms with Crippen LogP contribution in [0.3, 0.4) is 0 Å². The van der Waals surface area contributed by atoms with Crippen molar-refractivity contribution in [3.63, 3.8) is 0 Å². The minimum absolute atomic E-state index is 0.217. The van der Waals surface area contributed by atoms with Gasteiger partial charge in [0.2, 0.25) is 0 Å². The summed E-state index contributed by atoms with van der Waals surface area (Å²) in [5.41, 5.74) is 2.47. The molecule has 4 heteroatoms. The number of esters is 1. The Morgan fingerprint density at radius 2 is 1.59 bits per heavy atom. The first-order chi connectivity index (χ1) is 10.7. The van der Waals surface area contributed by atoms with E-state index in [0.29, 0.717) is 5.56 Å². The number of aliphatic hydroxyl groups is 2. The highest BCUT2D eigenvalue weighted by atomic mass is 16.5. The Balaban J connectivity index is 1.95. The van der Waals surface area contributed by atoms with Crippen molar-refractivity contribution in [3.05, 3.63) is 71.3 Å². The highest BCUT2D eigenvalue weighted by Crippen LogP contribution is 2.10. The van der Waals surface area contributed by atoms with E-state index in [-0.39, 0.29) is 6.61 Å². The molecule has 22 heavy (non-hydrogen) atoms. The van der Waals surface area contributed by atoms with Gasteiger partial charge in [0.25, 0.3) is 0 Å². The Morgan fingerprint density at radius 1 is 1.00 bits per heavy atom. The lowest BCUT2D eigenvalue weighted by molar-refractivity contribution is 0.00933. The molecule has 0 saturated heterocycles. The minimum atomic E-state index is -1.04. The molecule has 4 nitrogen and oxygen atoms in total. The summed E-state index contributed by atoms with van der Waals surface area (Å²) in [6.07, 6.45) is 2.90. The fourth-order valence-corrected chi connectivity index (χ4v) is 1.79. The monoisotopic (exact) mass is 298 g/mol. The number of aliphatic hydroxyl groups excluding tert-OH is 2. The summed E-state index contributed by atoms with van der Waals surface area (Å²) in [4.78, 5) is 11.7. The van der Waals surface area contributed by atoms with Crippen LogP contribution in [0.5, 0.6) is 0 Å². The number of benzene rings is 2. The van der Waals surface area contributed by atoms with E-state index >= 15 is 0 Å². The fourth-order valence-electron chi connectivity index (χ4n) is 1.79. The maximum absolute atomic E-state index is 11.7. The molecule has 2 aromatic carbocycles. The molecule has 0 radical (unpaired) electrons. The summed E-state index contributed by atoms with van der Waals surface area (Å²) in [5, 5.41) is 17.8. The molecule has 0 aliphatic rings. The molecule has 114 valence electrons. The molecule has 0 heterocycles. The number of rotatable bonds is 6. The highest BCUT2D eigenvalue weighted by Gasteiger charge is 2.09. The fraction of sp³-hybridized carbons (Fsp3) is 0.167. The van der Waals surface area contributed by atoms with Gasteiger partial charge in [-0.05, 0) is 23.3 Å². The van der Waals surface area contributed by atoms with Crippen LogP contribution in [0.1, 0.15) is 21.5 Å². The number of hydrogen-bond donors (Lipinski definition) is 2. The predicted octanol–water partition coefficient (Wildman–Crippen LogP) is 2.37. The average Bonchev–Trinajstić information content (AvgIpc) is 2.59. The van der Waals surface area contributed by atoms with Gasteiger partial charge in [0, 0.05) is 0 Å². The molecule has 0 aliphatic carbocycles. The second-order valence-electron chi connectivity index (χ2n) is 4.80. The van der Waals surface area contributed by atoms with E-state index in [0.717, 1.165) is 11.1 Å². The largest absolute Gasteiger partial charge is 0.459 e. The Labute approximate surface area is 129 Å². The third kappa shape index (κ3) is 4.84. The van der Waals surface area contributed by atoms with Gasteiger partial charge in [-0.15, -0.1) is 0 Å². The summed E-state index contributed by atoms with van der Waals surface area (Å²) < 4.78 is 4.88. The smallest absolute Gasteiger partial charge is 0.338 e. The van der Waals surface area contributed by atoms with Gasteiger partial charge >= 0.3 is 5.97 Å². The zero-order valence-corrected chi connectivity index (χ0v) is 12.1. The van der Waals surface area contributed by atoms with Crippen molar-refractivity contribution in [2.24, 2.45) is 0 Å². The van der Waals surface area contributed by atoms with Crippen LogP contribution in [0.2, 0.25) is 0 Å². The lowest BCUT2D eigenvalue weighted by Gasteiger charge is -2.08. The van der Waals surface area contributed by atoms with E-state index < -0.39 is 18.7 Å². The molecule has 2 N–H and O–H groups in total. The van der Waals surface area contributed by atoms with Crippen LogP contribution in [0.4, 0.5) is 0 Å². The maximum Gasteiger partial charge on any atom is 0.338 e. The van der Waals surface area contributed by atoms with Crippen molar-refractivity contribution in [2.45, 2.75) is 6.10 Å². The maximum atomic E-state index is 11.7. The van der Waals surface area contributed by atoms with Gasteiger partial charge in [-0.25, -0.2) is 4.79 Å². The van der Waals surface area contributed by atoms with E-state index in [1.807, 2.05) is 54.6 Å². The van der Waals surface area contributed by atoms with E-state index in [2.05, 4.69) is 0 Å². The predicted molar refractivity (Wildman–Crippen MR) is 85.2 cm³/mol. The molecule has 0 aromatic heterocycles. The van der Waals surface area contributed by atoms with Crippen molar-refractivity contribution in [3.8, 4) is 0 Å². The molecular formula is C18H18O4. The minimum Gasteiger partial charge on any atom is -0.459 e. The van der Waals surface area contributed by atoms with Crippen molar-refractivity contribution in [1.82, 2.24) is 0 Å². The molecule has 2 aromatic rings. The van der Waals surface area contributed by atoms with Crippen LogP contribution >= 0.6 is 0 Å². The van der Waals surface area contributed by atoms with E-state index in [9.17, 15) is 4.79 Å². The quantitative estimate of drug-likeness (QED) is 0.634. The van der Waals surface area contributed by atoms with Crippen molar-refractivity contribution >= 4 is 18.1 Å². The van der Waals surface area contributed by atoms with E-state index in [4.69, 9.17) is 14.9 Å². The van der Waals surface area contributed by atoms with Crippen LogP contribution < -0.4 is 0 Å². The highest BCUT2D eigenvalue weighted by molar-refractivity contribution is 5.89. The topological polar surface area (TPSA) is 66.8 Å². The summed E-state index contributed by atoms with van der Waals surface area (Å²) in [6, 6.07) is 16.9. The molecule has 0 aliphatic heterocycles. The van der Waals surface area contributed by atoms with Crippen LogP contribution in [0.15, 0.2) is 54.6 Å². The van der Waals surface area contributed by atoms with Crippen molar-refractivity contribution < 1.29 is 19.7 Å². The van der Waals surface area contributed by atoms with Gasteiger partial charge in [0.1, 0.15) is 12.7 Å². The second kappa shape index (κ2) is 8.12. The number of carbonyl (C=O) groups excluding carboxylic acids is 1. The van der Waals surface area contributed by atoms with Crippen molar-refractivity contribution in [2.75, 3.05) is 13.2 Å². The molecule has 1 atom stereocenters. The van der Waals surface area contributed by atoms with Gasteiger partial charge in [-0.2, -0.15) is 0 Å². The summed E-state index contributed by atoms with van der Waals surface area (Å²) in [7, 11) is 0. The molecular weight excluding hydrogens is 280 g/mol. The van der Waals surface area contributed by atoms with Crippen LogP contribution in [0.25, 0.3) is 12.2 Å². The van der Waals surface area contributed by atoms with Gasteiger partial charge in [-0.3, -0.25) is 0 Å². The van der Waals surface area contributed by atoms with Crippen LogP contribution in [-0.2, 0) is 4.74 Å². The molecule has 1 unspecified atom stereocenters.